The predicted octanol–water partition coefficient (Wildman–Crippen LogP) is 1.63. The maximum absolute atomic E-state index is 11.3. The number of rotatable bonds is 1. The summed E-state index contributed by atoms with van der Waals surface area (Å²) in [6, 6.07) is 7.20. The summed E-state index contributed by atoms with van der Waals surface area (Å²) in [5.41, 5.74) is 0.765. The second-order valence-electron chi connectivity index (χ2n) is 2.87. The van der Waals surface area contributed by atoms with Crippen molar-refractivity contribution in [1.29, 1.82) is 0 Å². The molecule has 1 heterocycles. The van der Waals surface area contributed by atoms with Gasteiger partial charge in [-0.3, -0.25) is 0 Å². The number of nitrogens with one attached hydrogen (secondary N) is 1. The molecule has 1 fully saturated rings. The molecule has 1 aromatic rings. The molecule has 0 saturated carbocycles. The molecule has 1 saturated heterocycles. The third-order valence-corrected chi connectivity index (χ3v) is 3.88. The predicted molar refractivity (Wildman–Crippen MR) is 58.7 cm³/mol. The van der Waals surface area contributed by atoms with E-state index in [1.54, 1.807) is 12.1 Å². The fourth-order valence-electron chi connectivity index (χ4n) is 1.15. The molecule has 76 valence electrons. The first-order valence-corrected chi connectivity index (χ1v) is 6.25. The first-order valence-electron chi connectivity index (χ1n) is 4.16. The van der Waals surface area contributed by atoms with E-state index in [9.17, 15) is 9.59 Å². The summed E-state index contributed by atoms with van der Waals surface area (Å²) in [5, 5.41) is 2.82. The second-order valence-corrected chi connectivity index (χ2v) is 5.41. The Morgan fingerprint density at radius 3 is 2.60 bits per heavy atom. The van der Waals surface area contributed by atoms with Crippen LogP contribution in [0.5, 0.6) is 0 Å². The van der Waals surface area contributed by atoms with Crippen LogP contribution < -0.4 is 5.32 Å². The van der Waals surface area contributed by atoms with Gasteiger partial charge < -0.3 is 0 Å². The molecule has 1 aliphatic rings. The van der Waals surface area contributed by atoms with Gasteiger partial charge in [0.25, 0.3) is 0 Å². The first kappa shape index (κ1) is 10.4. The number of hydrogen-bond donors (Lipinski definition) is 1. The van der Waals surface area contributed by atoms with Gasteiger partial charge in [0.1, 0.15) is 0 Å². The SMILES string of the molecule is O=C1NC(=O)/C(=C\c2ccccc2Cl)[Se]1. The van der Waals surface area contributed by atoms with E-state index in [1.165, 1.54) is 0 Å². The van der Waals surface area contributed by atoms with Gasteiger partial charge in [-0.1, -0.05) is 0 Å². The van der Waals surface area contributed by atoms with Crippen molar-refractivity contribution in [3.8, 4) is 0 Å². The van der Waals surface area contributed by atoms with Crippen molar-refractivity contribution in [2.75, 3.05) is 0 Å². The Kier molecular flexibility index (Phi) is 2.91. The van der Waals surface area contributed by atoms with E-state index in [4.69, 9.17) is 11.6 Å². The number of carbonyl (C=O) groups is 2. The Hall–Kier alpha value is -1.09. The average Bonchev–Trinajstić information content (AvgIpc) is 2.49. The van der Waals surface area contributed by atoms with Gasteiger partial charge in [0.05, 0.1) is 0 Å². The normalized spacial score (nSPS) is 18.3. The topological polar surface area (TPSA) is 46.2 Å². The zero-order valence-electron chi connectivity index (χ0n) is 7.49. The molecule has 2 amide bonds. The number of carbonyl (C=O) groups excluding carboxylic acids is 2. The van der Waals surface area contributed by atoms with Crippen LogP contribution in [0, 0.1) is 0 Å². The molecule has 0 spiro atoms. The van der Waals surface area contributed by atoms with Crippen LogP contribution >= 0.6 is 11.6 Å². The maximum atomic E-state index is 11.3. The Morgan fingerprint density at radius 1 is 1.27 bits per heavy atom. The number of imide groups is 1. The summed E-state index contributed by atoms with van der Waals surface area (Å²) >= 11 is 5.50. The summed E-state index contributed by atoms with van der Waals surface area (Å²) in [6.07, 6.45) is 1.67. The van der Waals surface area contributed by atoms with Crippen LogP contribution in [-0.2, 0) is 4.79 Å². The average molecular weight is 287 g/mol. The van der Waals surface area contributed by atoms with E-state index in [0.717, 1.165) is 5.56 Å². The molecule has 0 bridgehead atoms. The van der Waals surface area contributed by atoms with Crippen molar-refractivity contribution in [2.24, 2.45) is 0 Å². The molecule has 5 heteroatoms. The molecule has 0 unspecified atom stereocenters. The molecule has 3 nitrogen and oxygen atoms in total. The monoisotopic (exact) mass is 287 g/mol. The third-order valence-electron chi connectivity index (χ3n) is 1.83. The van der Waals surface area contributed by atoms with Gasteiger partial charge >= 0.3 is 97.6 Å². The van der Waals surface area contributed by atoms with Crippen LogP contribution in [0.2, 0.25) is 5.02 Å². The zero-order valence-corrected chi connectivity index (χ0v) is 9.96. The molecule has 1 N–H and O–H groups in total. The van der Waals surface area contributed by atoms with Crippen LogP contribution in [-0.4, -0.2) is 25.7 Å². The summed E-state index contributed by atoms with van der Waals surface area (Å²) in [6.45, 7) is 0. The minimum absolute atomic E-state index is 0.203. The van der Waals surface area contributed by atoms with Crippen molar-refractivity contribution in [3.63, 3.8) is 0 Å². The Labute approximate surface area is 97.7 Å². The summed E-state index contributed by atoms with van der Waals surface area (Å²) in [4.78, 5) is 22.0. The van der Waals surface area contributed by atoms with Crippen molar-refractivity contribution < 1.29 is 9.59 Å². The van der Waals surface area contributed by atoms with E-state index in [2.05, 4.69) is 5.32 Å². The van der Waals surface area contributed by atoms with Crippen molar-refractivity contribution in [3.05, 3.63) is 39.3 Å². The fourth-order valence-corrected chi connectivity index (χ4v) is 2.76. The van der Waals surface area contributed by atoms with E-state index in [0.29, 0.717) is 9.49 Å². The van der Waals surface area contributed by atoms with E-state index in [1.807, 2.05) is 18.2 Å². The number of hydrogen-bond acceptors (Lipinski definition) is 2. The van der Waals surface area contributed by atoms with Crippen LogP contribution in [0.1, 0.15) is 5.56 Å². The zero-order chi connectivity index (χ0) is 10.8. The fraction of sp³-hybridized carbons (Fsp3) is 0. The van der Waals surface area contributed by atoms with Crippen LogP contribution in [0.25, 0.3) is 6.08 Å². The molecular weight excluding hydrogens is 281 g/mol. The van der Waals surface area contributed by atoms with Crippen molar-refractivity contribution in [1.82, 2.24) is 5.32 Å². The van der Waals surface area contributed by atoms with Crippen molar-refractivity contribution >= 4 is 43.3 Å². The minimum atomic E-state index is -0.434. The molecule has 15 heavy (non-hydrogen) atoms. The molecular formula is C10H6ClNO2Se. The number of halogens is 1. The van der Waals surface area contributed by atoms with Gasteiger partial charge in [-0.25, -0.2) is 0 Å². The molecule has 1 aliphatic heterocycles. The summed E-state index contributed by atoms with van der Waals surface area (Å²) in [5.74, 6) is -0.306. The van der Waals surface area contributed by atoms with Gasteiger partial charge in [0, 0.05) is 0 Å². The molecule has 0 aliphatic carbocycles. The Balaban J connectivity index is 2.35. The summed E-state index contributed by atoms with van der Waals surface area (Å²) in [7, 11) is 0. The molecule has 1 aromatic carbocycles. The van der Waals surface area contributed by atoms with Gasteiger partial charge in [-0.15, -0.1) is 0 Å². The van der Waals surface area contributed by atoms with E-state index >= 15 is 0 Å². The third kappa shape index (κ3) is 2.29. The van der Waals surface area contributed by atoms with Crippen LogP contribution in [0.4, 0.5) is 4.79 Å². The first-order chi connectivity index (χ1) is 7.16. The Bertz CT molecular complexity index is 470. The van der Waals surface area contributed by atoms with E-state index in [-0.39, 0.29) is 10.7 Å². The van der Waals surface area contributed by atoms with E-state index < -0.39 is 15.0 Å². The molecule has 0 atom stereocenters. The van der Waals surface area contributed by atoms with Gasteiger partial charge in [0.15, 0.2) is 0 Å². The van der Waals surface area contributed by atoms with Gasteiger partial charge in [-0.2, -0.15) is 0 Å². The van der Waals surface area contributed by atoms with Crippen LogP contribution in [0.3, 0.4) is 0 Å². The standard InChI is InChI=1S/C10H6ClNO2Se/c11-7-4-2-1-3-6(7)5-8-9(13)12-10(14)15-8/h1-5H,(H,12,13,14)/b8-5+. The van der Waals surface area contributed by atoms with Crippen molar-refractivity contribution in [2.45, 2.75) is 0 Å². The number of benzene rings is 1. The summed E-state index contributed by atoms with van der Waals surface area (Å²) < 4.78 is 0.514. The van der Waals surface area contributed by atoms with Gasteiger partial charge in [-0.05, 0) is 0 Å². The second kappa shape index (κ2) is 4.19. The van der Waals surface area contributed by atoms with Gasteiger partial charge in [0.2, 0.25) is 0 Å². The molecule has 0 radical (unpaired) electrons. The Morgan fingerprint density at radius 2 is 2.00 bits per heavy atom. The molecule has 0 aromatic heterocycles. The number of amides is 2. The molecule has 2 rings (SSSR count). The van der Waals surface area contributed by atoms with Crippen LogP contribution in [0.15, 0.2) is 28.7 Å². The quantitative estimate of drug-likeness (QED) is 0.630.